The van der Waals surface area contributed by atoms with E-state index < -0.39 is 0 Å². The fraction of sp³-hybridized carbons (Fsp3) is 0.200. The zero-order valence-electron chi connectivity index (χ0n) is 14.3. The molecule has 1 fully saturated rings. The number of nitrogens with zero attached hydrogens (tertiary/aromatic N) is 1. The van der Waals surface area contributed by atoms with Crippen LogP contribution in [0.1, 0.15) is 24.1 Å². The predicted octanol–water partition coefficient (Wildman–Crippen LogP) is 3.64. The van der Waals surface area contributed by atoms with Crippen molar-refractivity contribution in [3.8, 4) is 11.8 Å². The number of piperazine rings is 1. The maximum atomic E-state index is 14.2. The van der Waals surface area contributed by atoms with Crippen LogP contribution in [0.4, 0.5) is 4.39 Å². The average molecular weight is 365 g/mol. The zero-order chi connectivity index (χ0) is 18.4. The van der Waals surface area contributed by atoms with E-state index in [2.05, 4.69) is 23.2 Å². The third kappa shape index (κ3) is 2.61. The highest BCUT2D eigenvalue weighted by Gasteiger charge is 2.28. The van der Waals surface area contributed by atoms with E-state index in [0.29, 0.717) is 12.1 Å². The molecule has 0 aliphatic carbocycles. The van der Waals surface area contributed by atoms with E-state index in [-0.39, 0.29) is 23.6 Å². The normalized spacial score (nSPS) is 17.3. The summed E-state index contributed by atoms with van der Waals surface area (Å²) in [4.78, 5) is 13.3. The number of fused-ring (bicyclic) bond motifs is 3. The van der Waals surface area contributed by atoms with Crippen molar-refractivity contribution in [3.63, 3.8) is 0 Å². The summed E-state index contributed by atoms with van der Waals surface area (Å²) in [7, 11) is 1.70. The van der Waals surface area contributed by atoms with Gasteiger partial charge in [-0.3, -0.25) is 10.2 Å². The van der Waals surface area contributed by atoms with E-state index in [9.17, 15) is 9.18 Å². The summed E-state index contributed by atoms with van der Waals surface area (Å²) in [6.45, 7) is 2.19. The van der Waals surface area contributed by atoms with Crippen molar-refractivity contribution in [1.82, 2.24) is 10.2 Å². The molecule has 1 amide bonds. The first kappa shape index (κ1) is 16.6. The van der Waals surface area contributed by atoms with Gasteiger partial charge in [0.25, 0.3) is 5.91 Å². The van der Waals surface area contributed by atoms with Gasteiger partial charge in [0.2, 0.25) is 0 Å². The molecule has 1 aliphatic heterocycles. The minimum absolute atomic E-state index is 0.0957. The molecular formula is C20H16FN3OS. The van der Waals surface area contributed by atoms with Crippen LogP contribution in [0.15, 0.2) is 30.3 Å². The van der Waals surface area contributed by atoms with Gasteiger partial charge >= 0.3 is 0 Å². The van der Waals surface area contributed by atoms with Crippen LogP contribution in [0.3, 0.4) is 0 Å². The van der Waals surface area contributed by atoms with E-state index in [4.69, 9.17) is 5.41 Å². The van der Waals surface area contributed by atoms with Gasteiger partial charge in [-0.25, -0.2) is 4.39 Å². The first-order valence-corrected chi connectivity index (χ1v) is 8.98. The number of carbonyl (C=O) groups is 1. The number of carbonyl (C=O) groups excluding carboxylic acids is 1. The van der Waals surface area contributed by atoms with Crippen LogP contribution in [-0.2, 0) is 4.79 Å². The molecule has 2 N–H and O–H groups in total. The fourth-order valence-corrected chi connectivity index (χ4v) is 4.37. The average Bonchev–Trinajstić information content (AvgIpc) is 2.96. The highest BCUT2D eigenvalue weighted by Crippen LogP contribution is 2.36. The molecule has 1 unspecified atom stereocenters. The lowest BCUT2D eigenvalue weighted by atomic mass is 10.0. The SMILES string of the molecule is CC#Cc1cc2c(cc1F)sc1ccc(C3CN(C)C(=O)C(=N)N3)cc12. The first-order valence-electron chi connectivity index (χ1n) is 8.17. The Morgan fingerprint density at radius 3 is 2.77 bits per heavy atom. The molecule has 0 bridgehead atoms. The Hall–Kier alpha value is -2.91. The van der Waals surface area contributed by atoms with Crippen LogP contribution < -0.4 is 5.32 Å². The molecule has 0 radical (unpaired) electrons. The molecule has 1 atom stereocenters. The molecule has 4 rings (SSSR count). The summed E-state index contributed by atoms with van der Waals surface area (Å²) < 4.78 is 16.1. The summed E-state index contributed by atoms with van der Waals surface area (Å²) in [6.07, 6.45) is 0. The Kier molecular flexibility index (Phi) is 3.89. The van der Waals surface area contributed by atoms with Crippen LogP contribution in [0.2, 0.25) is 0 Å². The molecule has 26 heavy (non-hydrogen) atoms. The van der Waals surface area contributed by atoms with Crippen LogP contribution >= 0.6 is 11.3 Å². The molecule has 130 valence electrons. The summed E-state index contributed by atoms with van der Waals surface area (Å²) in [5, 5.41) is 12.8. The number of benzene rings is 2. The second-order valence-electron chi connectivity index (χ2n) is 6.32. The van der Waals surface area contributed by atoms with Crippen LogP contribution in [0.25, 0.3) is 20.2 Å². The number of hydrogen-bond donors (Lipinski definition) is 2. The van der Waals surface area contributed by atoms with Gasteiger partial charge in [-0.15, -0.1) is 17.3 Å². The van der Waals surface area contributed by atoms with E-state index in [0.717, 1.165) is 25.7 Å². The number of amidine groups is 1. The zero-order valence-corrected chi connectivity index (χ0v) is 15.1. The Bertz CT molecular complexity index is 1140. The Labute approximate surface area is 154 Å². The van der Waals surface area contributed by atoms with Crippen molar-refractivity contribution in [2.45, 2.75) is 13.0 Å². The van der Waals surface area contributed by atoms with Crippen molar-refractivity contribution in [3.05, 3.63) is 47.3 Å². The molecule has 1 aromatic heterocycles. The smallest absolute Gasteiger partial charge is 0.288 e. The number of halogens is 1. The summed E-state index contributed by atoms with van der Waals surface area (Å²) in [5.74, 6) is 4.86. The number of hydrogen-bond acceptors (Lipinski definition) is 3. The van der Waals surface area contributed by atoms with Gasteiger partial charge in [-0.2, -0.15) is 0 Å². The molecule has 4 nitrogen and oxygen atoms in total. The molecule has 0 spiro atoms. The fourth-order valence-electron chi connectivity index (χ4n) is 3.28. The topological polar surface area (TPSA) is 56.2 Å². The van der Waals surface area contributed by atoms with Gasteiger partial charge < -0.3 is 10.2 Å². The number of nitrogens with one attached hydrogen (secondary N) is 2. The lowest BCUT2D eigenvalue weighted by Gasteiger charge is -2.31. The van der Waals surface area contributed by atoms with Gasteiger partial charge in [-0.1, -0.05) is 12.0 Å². The van der Waals surface area contributed by atoms with Gasteiger partial charge in [0.1, 0.15) is 5.82 Å². The molecule has 6 heteroatoms. The standard InChI is InChI=1S/C20H16FN3OS/c1-3-4-11-7-14-13-8-12(16-10-24(2)20(25)19(22)23-16)5-6-17(13)26-18(14)9-15(11)21/h5-9,16H,10H2,1-2H3,(H2,22,23). The summed E-state index contributed by atoms with van der Waals surface area (Å²) in [5.41, 5.74) is 1.39. The van der Waals surface area contributed by atoms with Crippen molar-refractivity contribution < 1.29 is 9.18 Å². The largest absolute Gasteiger partial charge is 0.357 e. The predicted molar refractivity (Wildman–Crippen MR) is 103 cm³/mol. The Morgan fingerprint density at radius 2 is 2.04 bits per heavy atom. The maximum absolute atomic E-state index is 14.2. The lowest BCUT2D eigenvalue weighted by molar-refractivity contribution is -0.124. The number of likely N-dealkylation sites (N-methyl/N-ethyl adjacent to an activating group) is 1. The lowest BCUT2D eigenvalue weighted by Crippen LogP contribution is -2.51. The quantitative estimate of drug-likeness (QED) is 0.647. The van der Waals surface area contributed by atoms with Crippen LogP contribution in [0.5, 0.6) is 0 Å². The van der Waals surface area contributed by atoms with Gasteiger partial charge in [0.15, 0.2) is 5.84 Å². The monoisotopic (exact) mass is 365 g/mol. The van der Waals surface area contributed by atoms with Crippen molar-refractivity contribution in [2.75, 3.05) is 13.6 Å². The van der Waals surface area contributed by atoms with Crippen LogP contribution in [-0.4, -0.2) is 30.2 Å². The second kappa shape index (κ2) is 6.11. The van der Waals surface area contributed by atoms with E-state index in [1.54, 1.807) is 42.3 Å². The minimum Gasteiger partial charge on any atom is -0.357 e. The molecule has 0 saturated carbocycles. The van der Waals surface area contributed by atoms with E-state index >= 15 is 0 Å². The summed E-state index contributed by atoms with van der Waals surface area (Å²) in [6, 6.07) is 9.27. The van der Waals surface area contributed by atoms with Crippen molar-refractivity contribution >= 4 is 43.3 Å². The van der Waals surface area contributed by atoms with E-state index in [1.807, 2.05) is 12.1 Å². The molecule has 1 aliphatic rings. The van der Waals surface area contributed by atoms with Crippen molar-refractivity contribution in [2.24, 2.45) is 0 Å². The molecule has 3 aromatic rings. The summed E-state index contributed by atoms with van der Waals surface area (Å²) >= 11 is 1.54. The highest BCUT2D eigenvalue weighted by atomic mass is 32.1. The van der Waals surface area contributed by atoms with Gasteiger partial charge in [-0.05, 0) is 36.8 Å². The molecule has 2 heterocycles. The number of thiophene rings is 1. The molecular weight excluding hydrogens is 349 g/mol. The number of amides is 1. The molecule has 2 aromatic carbocycles. The third-order valence-corrected chi connectivity index (χ3v) is 5.71. The van der Waals surface area contributed by atoms with Crippen LogP contribution in [0, 0.1) is 23.1 Å². The van der Waals surface area contributed by atoms with Gasteiger partial charge in [0.05, 0.1) is 11.6 Å². The Morgan fingerprint density at radius 1 is 1.27 bits per heavy atom. The first-order chi connectivity index (χ1) is 12.5. The van der Waals surface area contributed by atoms with E-state index in [1.165, 1.54) is 0 Å². The second-order valence-corrected chi connectivity index (χ2v) is 7.40. The number of rotatable bonds is 1. The third-order valence-electron chi connectivity index (χ3n) is 4.58. The highest BCUT2D eigenvalue weighted by molar-refractivity contribution is 7.25. The maximum Gasteiger partial charge on any atom is 0.288 e. The minimum atomic E-state index is -0.304. The Balaban J connectivity index is 1.84. The van der Waals surface area contributed by atoms with Crippen molar-refractivity contribution in [1.29, 1.82) is 5.41 Å². The molecule has 1 saturated heterocycles. The van der Waals surface area contributed by atoms with Gasteiger partial charge in [0, 0.05) is 33.8 Å².